The van der Waals surface area contributed by atoms with Crippen LogP contribution in [0.5, 0.6) is 0 Å². The third-order valence-corrected chi connectivity index (χ3v) is 6.16. The maximum atomic E-state index is 15.3. The second-order valence-electron chi connectivity index (χ2n) is 8.83. The van der Waals surface area contributed by atoms with Crippen LogP contribution in [0.4, 0.5) is 29.2 Å². The van der Waals surface area contributed by atoms with Gasteiger partial charge >= 0.3 is 6.18 Å². The van der Waals surface area contributed by atoms with Crippen molar-refractivity contribution in [3.05, 3.63) is 47.5 Å². The molecule has 2 fully saturated rings. The number of anilines is 2. The number of alkyl halides is 3. The summed E-state index contributed by atoms with van der Waals surface area (Å²) in [6, 6.07) is 5.12. The monoisotopic (exact) mass is 437 g/mol. The van der Waals surface area contributed by atoms with Crippen LogP contribution in [0.15, 0.2) is 30.6 Å². The van der Waals surface area contributed by atoms with E-state index < -0.39 is 17.6 Å². The van der Waals surface area contributed by atoms with E-state index >= 15 is 4.39 Å². The van der Waals surface area contributed by atoms with E-state index in [9.17, 15) is 13.2 Å². The molecule has 0 amide bonds. The SMILES string of the molecule is CC1(CNc2ncnc(N(Cc3ccc(C(F)(F)F)cc3)C3CC3)c2F)CCNCC1. The Hall–Kier alpha value is -2.42. The lowest BCUT2D eigenvalue weighted by molar-refractivity contribution is -0.137. The Labute approximate surface area is 179 Å². The third-order valence-electron chi connectivity index (χ3n) is 6.16. The van der Waals surface area contributed by atoms with Crippen LogP contribution in [0.1, 0.15) is 43.7 Å². The number of hydrogen-bond donors (Lipinski definition) is 2. The Morgan fingerprint density at radius 3 is 2.42 bits per heavy atom. The summed E-state index contributed by atoms with van der Waals surface area (Å²) in [5.41, 5.74) is 0.0501. The third kappa shape index (κ3) is 5.26. The Balaban J connectivity index is 1.50. The highest BCUT2D eigenvalue weighted by molar-refractivity contribution is 5.52. The van der Waals surface area contributed by atoms with Gasteiger partial charge in [-0.15, -0.1) is 0 Å². The van der Waals surface area contributed by atoms with Crippen molar-refractivity contribution in [1.29, 1.82) is 0 Å². The Bertz CT molecular complexity index is 890. The minimum absolute atomic E-state index is 0.0687. The molecular formula is C22H27F4N5. The molecule has 9 heteroatoms. The molecule has 2 aliphatic rings. The average Bonchev–Trinajstić information content (AvgIpc) is 3.57. The molecule has 0 radical (unpaired) electrons. The molecule has 1 aromatic carbocycles. The summed E-state index contributed by atoms with van der Waals surface area (Å²) in [5.74, 6) is -0.156. The molecule has 168 valence electrons. The number of piperidine rings is 1. The first-order valence-corrected chi connectivity index (χ1v) is 10.6. The van der Waals surface area contributed by atoms with Gasteiger partial charge < -0.3 is 15.5 Å². The number of nitrogens with one attached hydrogen (secondary N) is 2. The van der Waals surface area contributed by atoms with Crippen molar-refractivity contribution in [3.8, 4) is 0 Å². The zero-order valence-electron chi connectivity index (χ0n) is 17.5. The zero-order valence-corrected chi connectivity index (χ0v) is 17.5. The van der Waals surface area contributed by atoms with Crippen molar-refractivity contribution < 1.29 is 17.6 Å². The van der Waals surface area contributed by atoms with Crippen LogP contribution in [0.25, 0.3) is 0 Å². The lowest BCUT2D eigenvalue weighted by atomic mass is 9.81. The number of benzene rings is 1. The minimum atomic E-state index is -4.38. The summed E-state index contributed by atoms with van der Waals surface area (Å²) in [5, 5.41) is 6.49. The first-order chi connectivity index (χ1) is 14.8. The normalized spacial score (nSPS) is 18.6. The van der Waals surface area contributed by atoms with Gasteiger partial charge in [0, 0.05) is 19.1 Å². The van der Waals surface area contributed by atoms with Crippen molar-refractivity contribution in [2.24, 2.45) is 5.41 Å². The number of aromatic nitrogens is 2. The molecule has 0 atom stereocenters. The first kappa shape index (κ1) is 21.8. The average molecular weight is 437 g/mol. The van der Waals surface area contributed by atoms with Gasteiger partial charge in [0.25, 0.3) is 0 Å². The van der Waals surface area contributed by atoms with E-state index in [0.717, 1.165) is 50.9 Å². The molecule has 1 aliphatic heterocycles. The molecule has 1 saturated carbocycles. The lowest BCUT2D eigenvalue weighted by Gasteiger charge is -2.34. The smallest absolute Gasteiger partial charge is 0.367 e. The molecule has 2 N–H and O–H groups in total. The second kappa shape index (κ2) is 8.61. The van der Waals surface area contributed by atoms with Crippen LogP contribution in [-0.2, 0) is 12.7 Å². The largest absolute Gasteiger partial charge is 0.416 e. The van der Waals surface area contributed by atoms with Gasteiger partial charge in [-0.2, -0.15) is 17.6 Å². The molecule has 5 nitrogen and oxygen atoms in total. The number of rotatable bonds is 7. The summed E-state index contributed by atoms with van der Waals surface area (Å²) in [6.45, 7) is 4.97. The highest BCUT2D eigenvalue weighted by atomic mass is 19.4. The van der Waals surface area contributed by atoms with Crippen molar-refractivity contribution in [1.82, 2.24) is 15.3 Å². The predicted molar refractivity (Wildman–Crippen MR) is 111 cm³/mol. The van der Waals surface area contributed by atoms with Crippen LogP contribution in [0, 0.1) is 11.2 Å². The van der Waals surface area contributed by atoms with Crippen LogP contribution >= 0.6 is 0 Å². The van der Waals surface area contributed by atoms with Gasteiger partial charge in [-0.3, -0.25) is 0 Å². The zero-order chi connectivity index (χ0) is 22.1. The van der Waals surface area contributed by atoms with Crippen LogP contribution < -0.4 is 15.5 Å². The molecular weight excluding hydrogens is 410 g/mol. The van der Waals surface area contributed by atoms with Crippen molar-refractivity contribution in [2.75, 3.05) is 29.9 Å². The van der Waals surface area contributed by atoms with Crippen molar-refractivity contribution >= 4 is 11.6 Å². The Morgan fingerprint density at radius 1 is 1.13 bits per heavy atom. The molecule has 0 bridgehead atoms. The quantitative estimate of drug-likeness (QED) is 0.620. The standard InChI is InChI=1S/C22H27F4N5/c1-21(8-10-27-11-9-21)13-28-19-18(23)20(30-14-29-19)31(17-6-7-17)12-15-2-4-16(5-3-15)22(24,25)26/h2-5,14,17,27H,6-13H2,1H3,(H,28,29,30). The van der Waals surface area contributed by atoms with Crippen LogP contribution in [-0.4, -0.2) is 35.6 Å². The van der Waals surface area contributed by atoms with E-state index in [0.29, 0.717) is 18.7 Å². The van der Waals surface area contributed by atoms with E-state index in [1.807, 2.05) is 4.90 Å². The molecule has 0 spiro atoms. The predicted octanol–water partition coefficient (Wildman–Crippen LogP) is 4.61. The molecule has 4 rings (SSSR count). The van der Waals surface area contributed by atoms with Gasteiger partial charge in [-0.05, 0) is 61.9 Å². The number of halogens is 4. The molecule has 2 aromatic rings. The van der Waals surface area contributed by atoms with Gasteiger partial charge in [0.15, 0.2) is 11.6 Å². The number of hydrogen-bond acceptors (Lipinski definition) is 5. The molecule has 0 unspecified atom stereocenters. The molecule has 2 heterocycles. The van der Waals surface area contributed by atoms with E-state index in [1.54, 1.807) is 0 Å². The fourth-order valence-corrected chi connectivity index (χ4v) is 3.95. The topological polar surface area (TPSA) is 53.1 Å². The molecule has 31 heavy (non-hydrogen) atoms. The van der Waals surface area contributed by atoms with E-state index in [4.69, 9.17) is 0 Å². The summed E-state index contributed by atoms with van der Waals surface area (Å²) >= 11 is 0. The molecule has 1 saturated heterocycles. The van der Waals surface area contributed by atoms with Crippen LogP contribution in [0.3, 0.4) is 0 Å². The fourth-order valence-electron chi connectivity index (χ4n) is 3.95. The van der Waals surface area contributed by atoms with Gasteiger partial charge in [-0.1, -0.05) is 19.1 Å². The number of nitrogens with zero attached hydrogens (tertiary/aromatic N) is 3. The van der Waals surface area contributed by atoms with E-state index in [-0.39, 0.29) is 23.1 Å². The van der Waals surface area contributed by atoms with Gasteiger partial charge in [0.05, 0.1) is 5.56 Å². The van der Waals surface area contributed by atoms with Gasteiger partial charge in [0.1, 0.15) is 6.33 Å². The highest BCUT2D eigenvalue weighted by Crippen LogP contribution is 2.36. The summed E-state index contributed by atoms with van der Waals surface area (Å²) in [6.07, 6.45) is 0.770. The van der Waals surface area contributed by atoms with Crippen molar-refractivity contribution in [2.45, 2.75) is 51.4 Å². The van der Waals surface area contributed by atoms with Crippen molar-refractivity contribution in [3.63, 3.8) is 0 Å². The molecule has 1 aromatic heterocycles. The molecule has 1 aliphatic carbocycles. The maximum Gasteiger partial charge on any atom is 0.416 e. The Morgan fingerprint density at radius 2 is 1.81 bits per heavy atom. The second-order valence-corrected chi connectivity index (χ2v) is 8.83. The first-order valence-electron chi connectivity index (χ1n) is 10.6. The summed E-state index contributed by atoms with van der Waals surface area (Å²) < 4.78 is 53.8. The Kier molecular flexibility index (Phi) is 6.05. The summed E-state index contributed by atoms with van der Waals surface area (Å²) in [7, 11) is 0. The maximum absolute atomic E-state index is 15.3. The fraction of sp³-hybridized carbons (Fsp3) is 0.545. The van der Waals surface area contributed by atoms with Gasteiger partial charge in [0.2, 0.25) is 5.82 Å². The van der Waals surface area contributed by atoms with Gasteiger partial charge in [-0.25, -0.2) is 9.97 Å². The summed E-state index contributed by atoms with van der Waals surface area (Å²) in [4.78, 5) is 10.1. The lowest BCUT2D eigenvalue weighted by Crippen LogP contribution is -2.39. The van der Waals surface area contributed by atoms with E-state index in [2.05, 4.69) is 27.5 Å². The van der Waals surface area contributed by atoms with Crippen LogP contribution in [0.2, 0.25) is 0 Å². The minimum Gasteiger partial charge on any atom is -0.367 e. The van der Waals surface area contributed by atoms with E-state index in [1.165, 1.54) is 18.5 Å². The highest BCUT2D eigenvalue weighted by Gasteiger charge is 2.34.